The standard InChI is InChI=1S/C40H76N18O10S3/c1-19(2)14-24(54-35(65)25(16-69)55-30(60)21(41)8-5-11-48-38(42)43)33(63)56-26(17-70)34(64)53-23(10-7-13-50-40(46)47)32(62)52-22(9-6-12-49-39(44)45)31(61)51-15-28(59)58-29(20(3)4)36(66)57-27(18-71)37(67)68/h19-27,29,69-71H,5-18,41H2,1-4H3,(H,51,61)(H,52,62)(H,53,64)(H,54,65)(H,55,60)(H,56,63)(H,57,66)(H,58,59)(H,67,68)(H4,42,43,48)(H4,44,45,49)(H4,46,47,50)/t21-,22-,23-,24-,25-,26-,27-,29-/m0/s1. The van der Waals surface area contributed by atoms with E-state index in [0.29, 0.717) is 6.42 Å². The van der Waals surface area contributed by atoms with Crippen molar-refractivity contribution in [1.82, 2.24) is 42.5 Å². The third kappa shape index (κ3) is 27.9. The van der Waals surface area contributed by atoms with Crippen LogP contribution in [0.1, 0.15) is 72.6 Å². The van der Waals surface area contributed by atoms with Crippen molar-refractivity contribution >= 4 is 109 Å². The van der Waals surface area contributed by atoms with Crippen LogP contribution in [-0.4, -0.2) is 168 Å². The molecule has 0 aromatic rings. The Kier molecular flexibility index (Phi) is 32.2. The summed E-state index contributed by atoms with van der Waals surface area (Å²) in [4.78, 5) is 130. The number of thiol groups is 3. The van der Waals surface area contributed by atoms with Crippen LogP contribution in [0.5, 0.6) is 0 Å². The van der Waals surface area contributed by atoms with Crippen LogP contribution in [0.3, 0.4) is 0 Å². The SMILES string of the molecule is CC(C)C[C@H](NC(=O)[C@H](CS)NC(=O)[C@@H](N)CCCN=C(N)N)C(=O)N[C@@H](CS)C(=O)N[C@@H](CCCN=C(N)N)C(=O)N[C@@H](CCCN=C(N)N)C(=O)NCC(=O)N[C@H](C(=O)N[C@@H](CS)C(=O)O)C(C)C. The van der Waals surface area contributed by atoms with Crippen LogP contribution in [0.15, 0.2) is 15.0 Å². The second-order valence-corrected chi connectivity index (χ2v) is 17.9. The highest BCUT2D eigenvalue weighted by Gasteiger charge is 2.33. The summed E-state index contributed by atoms with van der Waals surface area (Å²) in [7, 11) is 0. The summed E-state index contributed by atoms with van der Waals surface area (Å²) < 4.78 is 0. The van der Waals surface area contributed by atoms with Crippen LogP contribution in [0.2, 0.25) is 0 Å². The van der Waals surface area contributed by atoms with Gasteiger partial charge >= 0.3 is 5.97 Å². The molecule has 0 saturated heterocycles. The van der Waals surface area contributed by atoms with E-state index in [4.69, 9.17) is 40.1 Å². The molecule has 71 heavy (non-hydrogen) atoms. The van der Waals surface area contributed by atoms with Crippen molar-refractivity contribution in [2.75, 3.05) is 43.4 Å². The molecule has 0 aliphatic heterocycles. The molecule has 0 aromatic carbocycles. The average molecular weight is 1070 g/mol. The Morgan fingerprint density at radius 3 is 1.25 bits per heavy atom. The van der Waals surface area contributed by atoms with E-state index in [2.05, 4.69) is 95.4 Å². The fourth-order valence-electron chi connectivity index (χ4n) is 6.15. The number of carbonyl (C=O) groups is 9. The van der Waals surface area contributed by atoms with Gasteiger partial charge < -0.3 is 87.8 Å². The average Bonchev–Trinajstić information content (AvgIpc) is 3.29. The van der Waals surface area contributed by atoms with E-state index in [1.54, 1.807) is 27.7 Å². The van der Waals surface area contributed by atoms with Gasteiger partial charge in [0.15, 0.2) is 17.9 Å². The van der Waals surface area contributed by atoms with Gasteiger partial charge in [-0.2, -0.15) is 37.9 Å². The first-order valence-electron chi connectivity index (χ1n) is 22.6. The highest BCUT2D eigenvalue weighted by atomic mass is 32.1. The molecule has 0 aliphatic rings. The van der Waals surface area contributed by atoms with Gasteiger partial charge in [0.2, 0.25) is 47.3 Å². The maximum absolute atomic E-state index is 14.0. The number of aliphatic carboxylic acids is 1. The minimum Gasteiger partial charge on any atom is -0.480 e. The Hall–Kier alpha value is -5.95. The summed E-state index contributed by atoms with van der Waals surface area (Å²) in [6.07, 6.45) is 0.787. The van der Waals surface area contributed by atoms with Crippen LogP contribution in [0.4, 0.5) is 0 Å². The number of rotatable bonds is 35. The molecule has 0 aromatic heterocycles. The third-order valence-corrected chi connectivity index (χ3v) is 11.0. The highest BCUT2D eigenvalue weighted by Crippen LogP contribution is 2.09. The highest BCUT2D eigenvalue weighted by molar-refractivity contribution is 7.80. The third-order valence-electron chi connectivity index (χ3n) is 9.92. The van der Waals surface area contributed by atoms with Crippen molar-refractivity contribution in [2.45, 2.75) is 121 Å². The van der Waals surface area contributed by atoms with Gasteiger partial charge in [-0.1, -0.05) is 27.7 Å². The van der Waals surface area contributed by atoms with E-state index in [0.717, 1.165) is 0 Å². The number of hydrogen-bond acceptors (Lipinski definition) is 16. The molecule has 0 bridgehead atoms. The molecule has 0 saturated carbocycles. The lowest BCUT2D eigenvalue weighted by molar-refractivity contribution is -0.141. The number of hydrogen-bond donors (Lipinski definition) is 19. The van der Waals surface area contributed by atoms with Gasteiger partial charge in [-0.3, -0.25) is 53.3 Å². The Bertz CT molecular complexity index is 1870. The summed E-state index contributed by atoms with van der Waals surface area (Å²) >= 11 is 12.4. The van der Waals surface area contributed by atoms with E-state index in [9.17, 15) is 48.3 Å². The number of nitrogens with zero attached hydrogens (tertiary/aromatic N) is 3. The van der Waals surface area contributed by atoms with E-state index in [1.165, 1.54) is 0 Å². The molecule has 404 valence electrons. The van der Waals surface area contributed by atoms with E-state index < -0.39 is 114 Å². The first kappa shape index (κ1) is 65.0. The fourth-order valence-corrected chi connectivity index (χ4v) is 6.91. The molecule has 8 amide bonds. The van der Waals surface area contributed by atoms with Crippen LogP contribution in [0.25, 0.3) is 0 Å². The Morgan fingerprint density at radius 1 is 0.479 bits per heavy atom. The van der Waals surface area contributed by atoms with E-state index in [1.807, 2.05) is 0 Å². The van der Waals surface area contributed by atoms with Gasteiger partial charge in [0.25, 0.3) is 0 Å². The van der Waals surface area contributed by atoms with Crippen molar-refractivity contribution in [3.05, 3.63) is 0 Å². The summed E-state index contributed by atoms with van der Waals surface area (Å²) in [5, 5.41) is 29.3. The first-order valence-corrected chi connectivity index (χ1v) is 24.5. The predicted octanol–water partition coefficient (Wildman–Crippen LogP) is -6.44. The summed E-state index contributed by atoms with van der Waals surface area (Å²) in [5.41, 5.74) is 38.5. The molecular formula is C40H76N18O10S3. The fraction of sp³-hybridized carbons (Fsp3) is 0.700. The van der Waals surface area contributed by atoms with Gasteiger partial charge in [0.05, 0.1) is 12.6 Å². The lowest BCUT2D eigenvalue weighted by atomic mass is 10.0. The monoisotopic (exact) mass is 1060 g/mol. The van der Waals surface area contributed by atoms with Crippen LogP contribution in [-0.2, 0) is 43.2 Å². The number of nitrogens with one attached hydrogen (secondary N) is 8. The number of carboxylic acids is 1. The van der Waals surface area contributed by atoms with Gasteiger partial charge in [0, 0.05) is 36.9 Å². The minimum absolute atomic E-state index is 0.0307. The van der Waals surface area contributed by atoms with Crippen molar-refractivity contribution in [2.24, 2.45) is 66.9 Å². The lowest BCUT2D eigenvalue weighted by Crippen LogP contribution is -2.60. The molecule has 0 aliphatic carbocycles. The van der Waals surface area contributed by atoms with Gasteiger partial charge in [-0.25, -0.2) is 4.79 Å². The number of aliphatic imine (C=N–C) groups is 3. The molecule has 23 N–H and O–H groups in total. The molecule has 0 fully saturated rings. The summed E-state index contributed by atoms with van der Waals surface area (Å²) in [5.74, 6) is -9.66. The van der Waals surface area contributed by atoms with Gasteiger partial charge in [-0.05, 0) is 56.8 Å². The smallest absolute Gasteiger partial charge is 0.327 e. The molecule has 8 atom stereocenters. The quantitative estimate of drug-likeness (QED) is 0.0121. The van der Waals surface area contributed by atoms with Crippen LogP contribution >= 0.6 is 37.9 Å². The van der Waals surface area contributed by atoms with Crippen molar-refractivity contribution in [3.8, 4) is 0 Å². The van der Waals surface area contributed by atoms with E-state index in [-0.39, 0.29) is 99.2 Å². The van der Waals surface area contributed by atoms with Crippen molar-refractivity contribution < 1.29 is 48.3 Å². The second-order valence-electron chi connectivity index (χ2n) is 16.8. The number of carbonyl (C=O) groups excluding carboxylic acids is 8. The molecule has 0 unspecified atom stereocenters. The largest absolute Gasteiger partial charge is 0.480 e. The maximum Gasteiger partial charge on any atom is 0.327 e. The number of nitrogens with two attached hydrogens (primary N) is 7. The molecule has 0 heterocycles. The molecule has 0 rings (SSSR count). The van der Waals surface area contributed by atoms with Crippen molar-refractivity contribution in [1.29, 1.82) is 0 Å². The molecular weight excluding hydrogens is 989 g/mol. The Labute approximate surface area is 429 Å². The maximum atomic E-state index is 14.0. The van der Waals surface area contributed by atoms with Crippen molar-refractivity contribution in [3.63, 3.8) is 0 Å². The van der Waals surface area contributed by atoms with Gasteiger partial charge in [0.1, 0.15) is 42.3 Å². The molecule has 0 radical (unpaired) electrons. The molecule has 28 nitrogen and oxygen atoms in total. The van der Waals surface area contributed by atoms with Gasteiger partial charge in [-0.15, -0.1) is 0 Å². The Morgan fingerprint density at radius 2 is 0.845 bits per heavy atom. The number of amides is 8. The van der Waals surface area contributed by atoms with Crippen LogP contribution < -0.4 is 82.7 Å². The first-order chi connectivity index (χ1) is 33.3. The van der Waals surface area contributed by atoms with E-state index >= 15 is 0 Å². The summed E-state index contributed by atoms with van der Waals surface area (Å²) in [6.45, 7) is 6.42. The molecule has 31 heteroatoms. The zero-order chi connectivity index (χ0) is 54.4. The predicted molar refractivity (Wildman–Crippen MR) is 278 cm³/mol. The van der Waals surface area contributed by atoms with Crippen LogP contribution in [0, 0.1) is 11.8 Å². The normalized spacial score (nSPS) is 14.3. The second kappa shape index (κ2) is 35.2. The summed E-state index contributed by atoms with van der Waals surface area (Å²) in [6, 6.07) is -10.1. The Balaban J connectivity index is 6.34. The number of carboxylic acid groups (broad SMARTS) is 1. The molecule has 0 spiro atoms. The minimum atomic E-state index is -1.38. The number of guanidine groups is 3. The zero-order valence-electron chi connectivity index (χ0n) is 40.5. The zero-order valence-corrected chi connectivity index (χ0v) is 43.2. The topological polar surface area (TPSA) is 489 Å². The lowest BCUT2D eigenvalue weighted by Gasteiger charge is -2.27.